The van der Waals surface area contributed by atoms with Crippen LogP contribution in [0.3, 0.4) is 0 Å². The molecule has 0 unspecified atom stereocenters. The molecule has 1 rings (SSSR count). The number of unbranched alkanes of at least 4 members (excludes halogenated alkanes) is 1. The molecule has 0 fully saturated rings. The number of carbonyl (C=O) groups is 1. The third-order valence-corrected chi connectivity index (χ3v) is 4.52. The molecule has 8 heteroatoms. The van der Waals surface area contributed by atoms with Gasteiger partial charge in [0.2, 0.25) is 0 Å². The summed E-state index contributed by atoms with van der Waals surface area (Å²) in [5.74, 6) is 1.19. The van der Waals surface area contributed by atoms with Gasteiger partial charge in [0.05, 0.1) is 6.61 Å². The van der Waals surface area contributed by atoms with Crippen LogP contribution in [0, 0.1) is 3.57 Å². The van der Waals surface area contributed by atoms with E-state index in [0.29, 0.717) is 44.3 Å². The number of amides is 1. The van der Waals surface area contributed by atoms with Crippen molar-refractivity contribution in [1.29, 1.82) is 0 Å². The summed E-state index contributed by atoms with van der Waals surface area (Å²) in [5, 5.41) is 2.76. The maximum absolute atomic E-state index is 11.6. The lowest BCUT2D eigenvalue weighted by atomic mass is 10.1. The van der Waals surface area contributed by atoms with Gasteiger partial charge in [-0.25, -0.2) is 4.79 Å². The number of ether oxygens (including phenoxy) is 5. The average molecular weight is 495 g/mol. The highest BCUT2D eigenvalue weighted by atomic mass is 127. The van der Waals surface area contributed by atoms with Crippen LogP contribution in [-0.2, 0) is 20.6 Å². The molecule has 7 nitrogen and oxygen atoms in total. The molecule has 0 saturated carbocycles. The fourth-order valence-corrected chi connectivity index (χ4v) is 2.74. The van der Waals surface area contributed by atoms with Crippen molar-refractivity contribution < 1.29 is 28.5 Å². The molecule has 0 atom stereocenters. The van der Waals surface area contributed by atoms with E-state index in [1.54, 1.807) is 0 Å². The molecule has 0 bridgehead atoms. The van der Waals surface area contributed by atoms with Crippen LogP contribution >= 0.6 is 22.6 Å². The van der Waals surface area contributed by atoms with Crippen molar-refractivity contribution >= 4 is 28.7 Å². The number of nitrogens with one attached hydrogen (secondary N) is 1. The largest absolute Gasteiger partial charge is 0.464 e. The quantitative estimate of drug-likeness (QED) is 0.238. The van der Waals surface area contributed by atoms with Gasteiger partial charge in [0, 0.05) is 23.3 Å². The lowest BCUT2D eigenvalue weighted by Gasteiger charge is -2.16. The summed E-state index contributed by atoms with van der Waals surface area (Å²) in [4.78, 5) is 11.6. The maximum atomic E-state index is 11.6. The lowest BCUT2D eigenvalue weighted by Crippen LogP contribution is -2.27. The van der Waals surface area contributed by atoms with Crippen LogP contribution < -0.4 is 14.8 Å². The van der Waals surface area contributed by atoms with E-state index >= 15 is 0 Å². The summed E-state index contributed by atoms with van der Waals surface area (Å²) in [6, 6.07) is 3.81. The summed E-state index contributed by atoms with van der Waals surface area (Å²) in [6.07, 6.45) is 2.13. The van der Waals surface area contributed by atoms with Gasteiger partial charge in [-0.05, 0) is 67.0 Å². The standard InChI is InChI=1S/C19H30INO6/c1-4-7-10-25-19(22)21-9-8-15-11-17(26-13-23-5-2)18(12-16(15)20)27-14-24-6-3/h11-12H,4-10,13-14H2,1-3H3,(H,21,22). The second-order valence-electron chi connectivity index (χ2n) is 5.57. The zero-order valence-electron chi connectivity index (χ0n) is 16.3. The van der Waals surface area contributed by atoms with E-state index in [2.05, 4.69) is 34.8 Å². The van der Waals surface area contributed by atoms with Crippen LogP contribution in [0.15, 0.2) is 12.1 Å². The molecule has 0 heterocycles. The van der Waals surface area contributed by atoms with Gasteiger partial charge in [0.1, 0.15) is 0 Å². The molecule has 1 amide bonds. The van der Waals surface area contributed by atoms with Gasteiger partial charge < -0.3 is 29.0 Å². The molecule has 0 aromatic heterocycles. The normalized spacial score (nSPS) is 10.5. The SMILES string of the molecule is CCCCOC(=O)NCCc1cc(OCOCC)c(OCOCC)cc1I. The summed E-state index contributed by atoms with van der Waals surface area (Å²) >= 11 is 2.24. The Kier molecular flexibility index (Phi) is 13.0. The van der Waals surface area contributed by atoms with Crippen LogP contribution in [0.1, 0.15) is 39.2 Å². The van der Waals surface area contributed by atoms with E-state index in [9.17, 15) is 4.79 Å². The van der Waals surface area contributed by atoms with Crippen molar-refractivity contribution in [2.75, 3.05) is 40.0 Å². The summed E-state index contributed by atoms with van der Waals surface area (Å²) in [5.41, 5.74) is 1.04. The first-order chi connectivity index (χ1) is 13.1. The minimum absolute atomic E-state index is 0.142. The third kappa shape index (κ3) is 10.0. The number of benzene rings is 1. The molecular weight excluding hydrogens is 465 g/mol. The van der Waals surface area contributed by atoms with Gasteiger partial charge >= 0.3 is 6.09 Å². The predicted octanol–water partition coefficient (Wildman–Crippen LogP) is 4.11. The summed E-state index contributed by atoms with van der Waals surface area (Å²) < 4.78 is 27.9. The third-order valence-electron chi connectivity index (χ3n) is 3.51. The van der Waals surface area contributed by atoms with E-state index in [1.165, 1.54) is 0 Å². The summed E-state index contributed by atoms with van der Waals surface area (Å²) in [7, 11) is 0. The fourth-order valence-electron chi connectivity index (χ4n) is 2.03. The molecule has 0 aliphatic rings. The molecule has 0 spiro atoms. The van der Waals surface area contributed by atoms with Crippen molar-refractivity contribution in [2.45, 2.75) is 40.0 Å². The molecular formula is C19H30INO6. The highest BCUT2D eigenvalue weighted by Crippen LogP contribution is 2.32. The smallest absolute Gasteiger partial charge is 0.407 e. The molecule has 0 radical (unpaired) electrons. The first kappa shape index (κ1) is 23.8. The first-order valence-electron chi connectivity index (χ1n) is 9.26. The zero-order valence-corrected chi connectivity index (χ0v) is 18.5. The van der Waals surface area contributed by atoms with Gasteiger partial charge in [-0.3, -0.25) is 0 Å². The van der Waals surface area contributed by atoms with Crippen molar-refractivity contribution in [3.05, 3.63) is 21.3 Å². The van der Waals surface area contributed by atoms with Crippen LogP contribution in [0.25, 0.3) is 0 Å². The van der Waals surface area contributed by atoms with Crippen LogP contribution in [0.5, 0.6) is 11.5 Å². The predicted molar refractivity (Wildman–Crippen MR) is 111 cm³/mol. The highest BCUT2D eigenvalue weighted by molar-refractivity contribution is 14.1. The van der Waals surface area contributed by atoms with Gasteiger partial charge in [-0.2, -0.15) is 0 Å². The van der Waals surface area contributed by atoms with Gasteiger partial charge in [-0.15, -0.1) is 0 Å². The molecule has 0 aliphatic heterocycles. The highest BCUT2D eigenvalue weighted by Gasteiger charge is 2.12. The van der Waals surface area contributed by atoms with E-state index in [1.807, 2.05) is 26.0 Å². The number of alkyl carbamates (subject to hydrolysis) is 1. The monoisotopic (exact) mass is 495 g/mol. The Balaban J connectivity index is 2.66. The Morgan fingerprint density at radius 2 is 1.67 bits per heavy atom. The van der Waals surface area contributed by atoms with Crippen molar-refractivity contribution in [1.82, 2.24) is 5.32 Å². The van der Waals surface area contributed by atoms with Crippen molar-refractivity contribution in [2.24, 2.45) is 0 Å². The van der Waals surface area contributed by atoms with Crippen LogP contribution in [0.2, 0.25) is 0 Å². The lowest BCUT2D eigenvalue weighted by molar-refractivity contribution is 0.00597. The van der Waals surface area contributed by atoms with Gasteiger partial charge in [0.25, 0.3) is 0 Å². The van der Waals surface area contributed by atoms with E-state index < -0.39 is 0 Å². The van der Waals surface area contributed by atoms with Gasteiger partial charge in [-0.1, -0.05) is 13.3 Å². The first-order valence-corrected chi connectivity index (χ1v) is 10.3. The number of hydrogen-bond donors (Lipinski definition) is 1. The molecule has 0 aliphatic carbocycles. The number of rotatable bonds is 14. The zero-order chi connectivity index (χ0) is 19.9. The molecule has 27 heavy (non-hydrogen) atoms. The number of carbonyl (C=O) groups excluding carboxylic acids is 1. The van der Waals surface area contributed by atoms with Crippen LogP contribution in [0.4, 0.5) is 4.79 Å². The maximum Gasteiger partial charge on any atom is 0.407 e. The number of hydrogen-bond acceptors (Lipinski definition) is 6. The molecule has 154 valence electrons. The Morgan fingerprint density at radius 1 is 1.04 bits per heavy atom. The molecule has 1 N–H and O–H groups in total. The number of halogens is 1. The topological polar surface area (TPSA) is 75.3 Å². The van der Waals surface area contributed by atoms with E-state index in [0.717, 1.165) is 22.0 Å². The second kappa shape index (κ2) is 14.8. The fraction of sp³-hybridized carbons (Fsp3) is 0.632. The Bertz CT molecular complexity index is 555. The van der Waals surface area contributed by atoms with Crippen molar-refractivity contribution in [3.8, 4) is 11.5 Å². The molecule has 1 aromatic rings. The molecule has 0 saturated heterocycles. The van der Waals surface area contributed by atoms with Crippen LogP contribution in [-0.4, -0.2) is 46.0 Å². The average Bonchev–Trinajstić information content (AvgIpc) is 2.65. The van der Waals surface area contributed by atoms with E-state index in [4.69, 9.17) is 23.7 Å². The minimum atomic E-state index is -0.386. The Hall–Kier alpha value is -1.26. The minimum Gasteiger partial charge on any atom is -0.464 e. The van der Waals surface area contributed by atoms with Crippen molar-refractivity contribution in [3.63, 3.8) is 0 Å². The van der Waals surface area contributed by atoms with Gasteiger partial charge in [0.15, 0.2) is 25.1 Å². The Labute approximate surface area is 175 Å². The summed E-state index contributed by atoms with van der Waals surface area (Å²) in [6.45, 7) is 8.22. The Morgan fingerprint density at radius 3 is 2.26 bits per heavy atom. The molecule has 1 aromatic carbocycles. The second-order valence-corrected chi connectivity index (χ2v) is 6.73. The van der Waals surface area contributed by atoms with E-state index in [-0.39, 0.29) is 19.7 Å².